The summed E-state index contributed by atoms with van der Waals surface area (Å²) in [4.78, 5) is 11.4. The molecule has 17 heavy (non-hydrogen) atoms. The number of phenols is 1. The van der Waals surface area contributed by atoms with Crippen molar-refractivity contribution in [2.45, 2.75) is 38.5 Å². The van der Waals surface area contributed by atoms with Crippen LogP contribution in [0.15, 0.2) is 6.07 Å². The monoisotopic (exact) mass is 238 g/mol. The molecular weight excluding hydrogens is 223 g/mol. The summed E-state index contributed by atoms with van der Waals surface area (Å²) >= 11 is 0. The minimum atomic E-state index is -1.10. The smallest absolute Gasteiger partial charge is 0.314 e. The van der Waals surface area contributed by atoms with Crippen LogP contribution >= 0.6 is 0 Å². The molecule has 4 heteroatoms. The van der Waals surface area contributed by atoms with Gasteiger partial charge in [-0.2, -0.15) is 0 Å². The van der Waals surface area contributed by atoms with Crippen LogP contribution in [0.5, 0.6) is 5.75 Å². The molecule has 0 atom stereocenters. The van der Waals surface area contributed by atoms with E-state index in [1.54, 1.807) is 6.92 Å². The Hall–Kier alpha value is -1.58. The minimum absolute atomic E-state index is 0.0778. The van der Waals surface area contributed by atoms with Gasteiger partial charge in [0.25, 0.3) is 0 Å². The van der Waals surface area contributed by atoms with E-state index in [-0.39, 0.29) is 16.9 Å². The zero-order valence-corrected chi connectivity index (χ0v) is 9.88. The first kappa shape index (κ1) is 11.9. The molecule has 0 amide bonds. The van der Waals surface area contributed by atoms with Crippen molar-refractivity contribution in [2.24, 2.45) is 0 Å². The van der Waals surface area contributed by atoms with Gasteiger partial charge < -0.3 is 10.2 Å². The molecular formula is C13H15FO3. The fourth-order valence-corrected chi connectivity index (χ4v) is 2.55. The Kier molecular flexibility index (Phi) is 2.60. The number of benzene rings is 1. The average Bonchev–Trinajstić information content (AvgIpc) is 2.18. The Bertz CT molecular complexity index is 464. The van der Waals surface area contributed by atoms with Crippen LogP contribution < -0.4 is 0 Å². The predicted molar refractivity (Wildman–Crippen MR) is 60.7 cm³/mol. The Labute approximate surface area is 98.9 Å². The molecule has 0 unspecified atom stereocenters. The van der Waals surface area contributed by atoms with Gasteiger partial charge in [0.05, 0.1) is 5.41 Å². The zero-order valence-electron chi connectivity index (χ0n) is 9.88. The molecule has 0 saturated heterocycles. The SMILES string of the molecule is Cc1cc(F)c(C)c(C2(C(=O)O)CCC2)c1O. The maximum absolute atomic E-state index is 13.7. The van der Waals surface area contributed by atoms with Gasteiger partial charge in [0.1, 0.15) is 11.6 Å². The fraction of sp³-hybridized carbons (Fsp3) is 0.462. The number of hydrogen-bond donors (Lipinski definition) is 2. The molecule has 1 aliphatic rings. The molecule has 0 aliphatic heterocycles. The minimum Gasteiger partial charge on any atom is -0.507 e. The van der Waals surface area contributed by atoms with Crippen LogP contribution in [0.2, 0.25) is 0 Å². The standard InChI is InChI=1S/C13H15FO3/c1-7-6-9(14)8(2)10(11(7)15)13(12(16)17)4-3-5-13/h6,15H,3-5H2,1-2H3,(H,16,17). The third-order valence-electron chi connectivity index (χ3n) is 3.78. The molecule has 1 aromatic carbocycles. The van der Waals surface area contributed by atoms with Gasteiger partial charge in [0, 0.05) is 5.56 Å². The van der Waals surface area contributed by atoms with Gasteiger partial charge in [-0.15, -0.1) is 0 Å². The summed E-state index contributed by atoms with van der Waals surface area (Å²) in [6, 6.07) is 1.24. The van der Waals surface area contributed by atoms with Gasteiger partial charge in [-0.05, 0) is 43.9 Å². The number of aromatic hydroxyl groups is 1. The van der Waals surface area contributed by atoms with Gasteiger partial charge in [0.2, 0.25) is 0 Å². The first-order valence-electron chi connectivity index (χ1n) is 5.62. The number of phenolic OH excluding ortho intramolecular Hbond substituents is 1. The second-order valence-electron chi connectivity index (χ2n) is 4.76. The van der Waals surface area contributed by atoms with Gasteiger partial charge in [-0.1, -0.05) is 6.42 Å². The zero-order chi connectivity index (χ0) is 12.8. The Morgan fingerprint density at radius 1 is 1.41 bits per heavy atom. The van der Waals surface area contributed by atoms with Crippen LogP contribution in [-0.4, -0.2) is 16.2 Å². The van der Waals surface area contributed by atoms with Crippen LogP contribution in [0.3, 0.4) is 0 Å². The number of rotatable bonds is 2. The predicted octanol–water partition coefficient (Wildman–Crippen LogP) is 2.65. The average molecular weight is 238 g/mol. The van der Waals surface area contributed by atoms with Crippen LogP contribution in [0.4, 0.5) is 4.39 Å². The summed E-state index contributed by atoms with van der Waals surface area (Å²) in [6.07, 6.45) is 1.71. The van der Waals surface area contributed by atoms with Crippen LogP contribution in [0.1, 0.15) is 36.0 Å². The number of carboxylic acids is 1. The normalized spacial score (nSPS) is 17.6. The lowest BCUT2D eigenvalue weighted by atomic mass is 9.63. The van der Waals surface area contributed by atoms with Crippen molar-refractivity contribution >= 4 is 5.97 Å². The van der Waals surface area contributed by atoms with E-state index in [1.165, 1.54) is 13.0 Å². The van der Waals surface area contributed by atoms with E-state index in [1.807, 2.05) is 0 Å². The molecule has 0 bridgehead atoms. The molecule has 1 aromatic rings. The molecule has 2 N–H and O–H groups in total. The van der Waals surface area contributed by atoms with Crippen molar-refractivity contribution in [1.82, 2.24) is 0 Å². The lowest BCUT2D eigenvalue weighted by Crippen LogP contribution is -2.43. The topological polar surface area (TPSA) is 57.5 Å². The van der Waals surface area contributed by atoms with Crippen molar-refractivity contribution in [3.8, 4) is 5.75 Å². The molecule has 0 aromatic heterocycles. The van der Waals surface area contributed by atoms with Crippen LogP contribution in [0, 0.1) is 19.7 Å². The van der Waals surface area contributed by atoms with Gasteiger partial charge >= 0.3 is 5.97 Å². The van der Waals surface area contributed by atoms with E-state index in [4.69, 9.17) is 0 Å². The molecule has 1 fully saturated rings. The molecule has 1 aliphatic carbocycles. The van der Waals surface area contributed by atoms with E-state index < -0.39 is 17.2 Å². The fourth-order valence-electron chi connectivity index (χ4n) is 2.55. The highest BCUT2D eigenvalue weighted by Crippen LogP contribution is 2.49. The third-order valence-corrected chi connectivity index (χ3v) is 3.78. The number of carbonyl (C=O) groups is 1. The van der Waals surface area contributed by atoms with Gasteiger partial charge in [0.15, 0.2) is 0 Å². The van der Waals surface area contributed by atoms with E-state index in [0.29, 0.717) is 18.4 Å². The second kappa shape index (κ2) is 3.72. The van der Waals surface area contributed by atoms with Crippen molar-refractivity contribution in [3.05, 3.63) is 28.6 Å². The molecule has 0 heterocycles. The first-order chi connectivity index (χ1) is 7.90. The molecule has 0 radical (unpaired) electrons. The summed E-state index contributed by atoms with van der Waals surface area (Å²) in [5, 5.41) is 19.4. The lowest BCUT2D eigenvalue weighted by molar-refractivity contribution is -0.147. The van der Waals surface area contributed by atoms with Crippen molar-refractivity contribution in [1.29, 1.82) is 0 Å². The summed E-state index contributed by atoms with van der Waals surface area (Å²) < 4.78 is 13.7. The van der Waals surface area contributed by atoms with Gasteiger partial charge in [-0.3, -0.25) is 4.79 Å². The summed E-state index contributed by atoms with van der Waals surface area (Å²) in [7, 11) is 0. The van der Waals surface area contributed by atoms with E-state index in [9.17, 15) is 19.4 Å². The Balaban J connectivity index is 2.70. The van der Waals surface area contributed by atoms with E-state index >= 15 is 0 Å². The number of carboxylic acid groups (broad SMARTS) is 1. The van der Waals surface area contributed by atoms with Crippen LogP contribution in [-0.2, 0) is 10.2 Å². The molecule has 2 rings (SSSR count). The second-order valence-corrected chi connectivity index (χ2v) is 4.76. The van der Waals surface area contributed by atoms with Crippen molar-refractivity contribution < 1.29 is 19.4 Å². The van der Waals surface area contributed by atoms with E-state index in [2.05, 4.69) is 0 Å². The largest absolute Gasteiger partial charge is 0.507 e. The maximum atomic E-state index is 13.7. The highest BCUT2D eigenvalue weighted by Gasteiger charge is 2.49. The highest BCUT2D eigenvalue weighted by atomic mass is 19.1. The van der Waals surface area contributed by atoms with Crippen LogP contribution in [0.25, 0.3) is 0 Å². The Morgan fingerprint density at radius 3 is 2.41 bits per heavy atom. The maximum Gasteiger partial charge on any atom is 0.314 e. The molecule has 3 nitrogen and oxygen atoms in total. The quantitative estimate of drug-likeness (QED) is 0.832. The lowest BCUT2D eigenvalue weighted by Gasteiger charge is -2.39. The number of hydrogen-bond acceptors (Lipinski definition) is 2. The number of aryl methyl sites for hydroxylation is 1. The molecule has 0 spiro atoms. The highest BCUT2D eigenvalue weighted by molar-refractivity contribution is 5.84. The van der Waals surface area contributed by atoms with Crippen molar-refractivity contribution in [2.75, 3.05) is 0 Å². The van der Waals surface area contributed by atoms with Gasteiger partial charge in [-0.25, -0.2) is 4.39 Å². The van der Waals surface area contributed by atoms with E-state index in [0.717, 1.165) is 6.42 Å². The molecule has 92 valence electrons. The summed E-state index contributed by atoms with van der Waals surface area (Å²) in [5.74, 6) is -1.51. The number of halogens is 1. The summed E-state index contributed by atoms with van der Waals surface area (Å²) in [5.41, 5.74) is -0.208. The number of aliphatic carboxylic acids is 1. The first-order valence-corrected chi connectivity index (χ1v) is 5.62. The molecule has 1 saturated carbocycles. The Morgan fingerprint density at radius 2 is 2.00 bits per heavy atom. The third kappa shape index (κ3) is 1.51. The summed E-state index contributed by atoms with van der Waals surface area (Å²) in [6.45, 7) is 3.10. The van der Waals surface area contributed by atoms with Crippen molar-refractivity contribution in [3.63, 3.8) is 0 Å².